The van der Waals surface area contributed by atoms with Gasteiger partial charge in [0.15, 0.2) is 0 Å². The van der Waals surface area contributed by atoms with Crippen LogP contribution in [0.5, 0.6) is 0 Å². The minimum absolute atomic E-state index is 1.17. The summed E-state index contributed by atoms with van der Waals surface area (Å²) in [5, 5.41) is 0. The van der Waals surface area contributed by atoms with Crippen LogP contribution in [0.25, 0.3) is 0 Å². The quantitative estimate of drug-likeness (QED) is 0.616. The molecule has 0 radical (unpaired) electrons. The average molecular weight is 233 g/mol. The Labute approximate surface area is 107 Å². The second-order valence-corrected chi connectivity index (χ2v) is 5.10. The Morgan fingerprint density at radius 2 is 1.65 bits per heavy atom. The number of hydrogen-bond acceptors (Lipinski definition) is 1. The average Bonchev–Trinajstić information content (AvgIpc) is 2.32. The van der Waals surface area contributed by atoms with E-state index in [9.17, 15) is 0 Å². The Balaban J connectivity index is 2.36. The third-order valence-electron chi connectivity index (χ3n) is 3.53. The first kappa shape index (κ1) is 14.1. The fourth-order valence-corrected chi connectivity index (χ4v) is 2.04. The van der Waals surface area contributed by atoms with Crippen molar-refractivity contribution in [3.8, 4) is 0 Å². The summed E-state index contributed by atoms with van der Waals surface area (Å²) in [5.41, 5.74) is 4.12. The summed E-state index contributed by atoms with van der Waals surface area (Å²) in [6.45, 7) is 7.80. The molecule has 0 saturated carbocycles. The van der Waals surface area contributed by atoms with Crippen molar-refractivity contribution in [2.75, 3.05) is 18.5 Å². The van der Waals surface area contributed by atoms with Gasteiger partial charge in [0.2, 0.25) is 0 Å². The van der Waals surface area contributed by atoms with Crippen molar-refractivity contribution in [3.63, 3.8) is 0 Å². The highest BCUT2D eigenvalue weighted by Crippen LogP contribution is 2.18. The largest absolute Gasteiger partial charge is 0.375 e. The van der Waals surface area contributed by atoms with E-state index in [-0.39, 0.29) is 0 Å². The van der Waals surface area contributed by atoms with Gasteiger partial charge in [0, 0.05) is 19.3 Å². The second-order valence-electron chi connectivity index (χ2n) is 5.10. The van der Waals surface area contributed by atoms with Crippen LogP contribution in [0.1, 0.15) is 50.2 Å². The van der Waals surface area contributed by atoms with E-state index < -0.39 is 0 Å². The van der Waals surface area contributed by atoms with Gasteiger partial charge in [-0.1, -0.05) is 38.7 Å². The molecule has 0 N–H and O–H groups in total. The summed E-state index contributed by atoms with van der Waals surface area (Å²) in [4.78, 5) is 2.37. The van der Waals surface area contributed by atoms with Gasteiger partial charge in [-0.3, -0.25) is 0 Å². The molecule has 0 unspecified atom stereocenters. The summed E-state index contributed by atoms with van der Waals surface area (Å²) < 4.78 is 0. The number of hydrogen-bond donors (Lipinski definition) is 0. The Morgan fingerprint density at radius 3 is 2.29 bits per heavy atom. The molecule has 1 aromatic carbocycles. The molecule has 0 aliphatic heterocycles. The lowest BCUT2D eigenvalue weighted by Crippen LogP contribution is -2.18. The van der Waals surface area contributed by atoms with Gasteiger partial charge < -0.3 is 4.90 Å². The van der Waals surface area contributed by atoms with Crippen molar-refractivity contribution in [1.29, 1.82) is 0 Å². The predicted molar refractivity (Wildman–Crippen MR) is 77.9 cm³/mol. The predicted octanol–water partition coefficient (Wildman–Crippen LogP) is 4.71. The minimum atomic E-state index is 1.17. The van der Waals surface area contributed by atoms with Crippen molar-refractivity contribution in [2.45, 2.75) is 52.9 Å². The number of unbranched alkanes of at least 4 members (excludes halogenated alkanes) is 4. The van der Waals surface area contributed by atoms with E-state index in [2.05, 4.69) is 50.9 Å². The van der Waals surface area contributed by atoms with Crippen molar-refractivity contribution in [2.24, 2.45) is 0 Å². The standard InChI is InChI=1S/C16H27N/c1-5-6-7-8-9-12-17(4)16-11-10-14(2)15(3)13-16/h10-11,13H,5-9,12H2,1-4H3. The van der Waals surface area contributed by atoms with Crippen LogP contribution in [0.15, 0.2) is 18.2 Å². The smallest absolute Gasteiger partial charge is 0.0366 e. The van der Waals surface area contributed by atoms with Crippen LogP contribution < -0.4 is 4.90 Å². The van der Waals surface area contributed by atoms with Gasteiger partial charge in [-0.05, 0) is 43.5 Å². The summed E-state index contributed by atoms with van der Waals surface area (Å²) in [7, 11) is 2.20. The molecule has 1 aromatic rings. The molecule has 1 nitrogen and oxygen atoms in total. The molecule has 0 fully saturated rings. The summed E-state index contributed by atoms with van der Waals surface area (Å²) in [5.74, 6) is 0. The maximum absolute atomic E-state index is 2.37. The third-order valence-corrected chi connectivity index (χ3v) is 3.53. The van der Waals surface area contributed by atoms with E-state index in [1.807, 2.05) is 0 Å². The van der Waals surface area contributed by atoms with Crippen LogP contribution in [-0.2, 0) is 0 Å². The van der Waals surface area contributed by atoms with Gasteiger partial charge in [0.05, 0.1) is 0 Å². The highest BCUT2D eigenvalue weighted by atomic mass is 15.1. The molecule has 0 spiro atoms. The van der Waals surface area contributed by atoms with Crippen molar-refractivity contribution < 1.29 is 0 Å². The van der Waals surface area contributed by atoms with Crippen LogP contribution in [0, 0.1) is 13.8 Å². The zero-order valence-corrected chi connectivity index (χ0v) is 11.9. The fourth-order valence-electron chi connectivity index (χ4n) is 2.04. The summed E-state index contributed by atoms with van der Waals surface area (Å²) >= 11 is 0. The number of aryl methyl sites for hydroxylation is 2. The van der Waals surface area contributed by atoms with Gasteiger partial charge in [0.25, 0.3) is 0 Å². The maximum atomic E-state index is 2.37. The first-order valence-electron chi connectivity index (χ1n) is 6.93. The van der Waals surface area contributed by atoms with Crippen LogP contribution in [0.4, 0.5) is 5.69 Å². The summed E-state index contributed by atoms with van der Waals surface area (Å²) in [6, 6.07) is 6.74. The molecule has 0 atom stereocenters. The van der Waals surface area contributed by atoms with E-state index in [4.69, 9.17) is 0 Å². The van der Waals surface area contributed by atoms with E-state index in [0.717, 1.165) is 0 Å². The van der Waals surface area contributed by atoms with Gasteiger partial charge in [-0.25, -0.2) is 0 Å². The van der Waals surface area contributed by atoms with Crippen LogP contribution in [-0.4, -0.2) is 13.6 Å². The van der Waals surface area contributed by atoms with Crippen molar-refractivity contribution in [3.05, 3.63) is 29.3 Å². The molecule has 96 valence electrons. The number of nitrogens with zero attached hydrogens (tertiary/aromatic N) is 1. The Bertz CT molecular complexity index is 330. The molecule has 0 aromatic heterocycles. The fraction of sp³-hybridized carbons (Fsp3) is 0.625. The SMILES string of the molecule is CCCCCCCN(C)c1ccc(C)c(C)c1. The first-order chi connectivity index (χ1) is 8.15. The molecule has 0 aliphatic rings. The van der Waals surface area contributed by atoms with Crippen LogP contribution >= 0.6 is 0 Å². The molecule has 1 rings (SSSR count). The Kier molecular flexibility index (Phi) is 6.10. The third kappa shape index (κ3) is 4.80. The first-order valence-corrected chi connectivity index (χ1v) is 6.93. The molecular weight excluding hydrogens is 206 g/mol. The van der Waals surface area contributed by atoms with Crippen molar-refractivity contribution >= 4 is 5.69 Å². The van der Waals surface area contributed by atoms with E-state index in [0.29, 0.717) is 0 Å². The zero-order valence-electron chi connectivity index (χ0n) is 11.9. The minimum Gasteiger partial charge on any atom is -0.375 e. The molecular formula is C16H27N. The van der Waals surface area contributed by atoms with Gasteiger partial charge in [-0.2, -0.15) is 0 Å². The molecule has 0 heterocycles. The molecule has 0 saturated heterocycles. The monoisotopic (exact) mass is 233 g/mol. The van der Waals surface area contributed by atoms with E-state index in [1.54, 1.807) is 0 Å². The molecule has 0 amide bonds. The second kappa shape index (κ2) is 7.37. The topological polar surface area (TPSA) is 3.24 Å². The maximum Gasteiger partial charge on any atom is 0.0366 e. The normalized spacial score (nSPS) is 10.6. The molecule has 17 heavy (non-hydrogen) atoms. The highest BCUT2D eigenvalue weighted by Gasteiger charge is 2.01. The lowest BCUT2D eigenvalue weighted by Gasteiger charge is -2.20. The number of anilines is 1. The van der Waals surface area contributed by atoms with E-state index in [1.165, 1.54) is 55.5 Å². The lowest BCUT2D eigenvalue weighted by atomic mass is 10.1. The Morgan fingerprint density at radius 1 is 0.941 bits per heavy atom. The summed E-state index contributed by atoms with van der Waals surface area (Å²) in [6.07, 6.45) is 6.77. The van der Waals surface area contributed by atoms with Crippen LogP contribution in [0.2, 0.25) is 0 Å². The number of benzene rings is 1. The lowest BCUT2D eigenvalue weighted by molar-refractivity contribution is 0.629. The van der Waals surface area contributed by atoms with Gasteiger partial charge in [-0.15, -0.1) is 0 Å². The van der Waals surface area contributed by atoms with Crippen molar-refractivity contribution in [1.82, 2.24) is 0 Å². The molecule has 1 heteroatoms. The highest BCUT2D eigenvalue weighted by molar-refractivity contribution is 5.49. The Hall–Kier alpha value is -0.980. The van der Waals surface area contributed by atoms with Gasteiger partial charge >= 0.3 is 0 Å². The van der Waals surface area contributed by atoms with E-state index >= 15 is 0 Å². The van der Waals surface area contributed by atoms with Gasteiger partial charge in [0.1, 0.15) is 0 Å². The number of rotatable bonds is 7. The zero-order chi connectivity index (χ0) is 12.7. The van der Waals surface area contributed by atoms with Crippen LogP contribution in [0.3, 0.4) is 0 Å². The molecule has 0 aliphatic carbocycles. The molecule has 0 bridgehead atoms.